The number of fused-ring (bicyclic) bond motifs is 1. The van der Waals surface area contributed by atoms with E-state index in [1.165, 1.54) is 23.5 Å². The molecule has 0 saturated carbocycles. The molecule has 1 heterocycles. The molecule has 1 unspecified atom stereocenters. The second kappa shape index (κ2) is 5.51. The van der Waals surface area contributed by atoms with Crippen molar-refractivity contribution in [3.63, 3.8) is 0 Å². The molecular weight excluding hydrogens is 256 g/mol. The molecular formula is C16H16O4. The van der Waals surface area contributed by atoms with Gasteiger partial charge in [0.2, 0.25) is 0 Å². The molecule has 0 amide bonds. The Bertz CT molecular complexity index is 614. The first-order chi connectivity index (χ1) is 9.75. The van der Waals surface area contributed by atoms with E-state index in [1.54, 1.807) is 0 Å². The number of hydrogen-bond donors (Lipinski definition) is 1. The van der Waals surface area contributed by atoms with E-state index in [4.69, 9.17) is 14.3 Å². The molecule has 3 rings (SSSR count). The van der Waals surface area contributed by atoms with Crippen LogP contribution in [0, 0.1) is 0 Å². The van der Waals surface area contributed by atoms with Crippen LogP contribution in [-0.2, 0) is 17.8 Å². The lowest BCUT2D eigenvalue weighted by molar-refractivity contribution is 0.0182. The maximum absolute atomic E-state index is 11.0. The molecule has 1 aliphatic rings. The van der Waals surface area contributed by atoms with Gasteiger partial charge in [-0.1, -0.05) is 24.3 Å². The van der Waals surface area contributed by atoms with Crippen LogP contribution < -0.4 is 0 Å². The Morgan fingerprint density at radius 2 is 2.20 bits per heavy atom. The Labute approximate surface area is 117 Å². The van der Waals surface area contributed by atoms with E-state index < -0.39 is 5.97 Å². The average Bonchev–Trinajstić information content (AvgIpc) is 2.93. The third-order valence-electron chi connectivity index (χ3n) is 3.71. The van der Waals surface area contributed by atoms with Gasteiger partial charge < -0.3 is 14.3 Å². The van der Waals surface area contributed by atoms with E-state index in [1.807, 2.05) is 12.1 Å². The SMILES string of the molecule is O=C(O)c1ccoc1COC1CCCc2ccccc21. The van der Waals surface area contributed by atoms with Gasteiger partial charge in [-0.05, 0) is 36.5 Å². The fraction of sp³-hybridized carbons (Fsp3) is 0.312. The monoisotopic (exact) mass is 272 g/mol. The lowest BCUT2D eigenvalue weighted by Gasteiger charge is -2.25. The molecule has 1 N–H and O–H groups in total. The van der Waals surface area contributed by atoms with Crippen LogP contribution in [0.4, 0.5) is 0 Å². The molecule has 0 spiro atoms. The Morgan fingerprint density at radius 3 is 3.05 bits per heavy atom. The number of ether oxygens (including phenoxy) is 1. The van der Waals surface area contributed by atoms with Crippen molar-refractivity contribution in [2.24, 2.45) is 0 Å². The Balaban J connectivity index is 1.73. The third kappa shape index (κ3) is 2.47. The highest BCUT2D eigenvalue weighted by Crippen LogP contribution is 2.33. The summed E-state index contributed by atoms with van der Waals surface area (Å²) >= 11 is 0. The number of rotatable bonds is 4. The summed E-state index contributed by atoms with van der Waals surface area (Å²) in [7, 11) is 0. The molecule has 1 aromatic carbocycles. The van der Waals surface area contributed by atoms with Crippen LogP contribution in [0.5, 0.6) is 0 Å². The van der Waals surface area contributed by atoms with Gasteiger partial charge in [-0.3, -0.25) is 0 Å². The van der Waals surface area contributed by atoms with Crippen LogP contribution in [0.2, 0.25) is 0 Å². The number of carboxylic acid groups (broad SMARTS) is 1. The Morgan fingerprint density at radius 1 is 1.35 bits per heavy atom. The standard InChI is InChI=1S/C16H16O4/c17-16(18)13-8-9-19-15(13)10-20-14-7-3-5-11-4-1-2-6-12(11)14/h1-2,4,6,8-9,14H,3,5,7,10H2,(H,17,18). The maximum atomic E-state index is 11.0. The average molecular weight is 272 g/mol. The molecule has 0 bridgehead atoms. The molecule has 2 aromatic rings. The summed E-state index contributed by atoms with van der Waals surface area (Å²) < 4.78 is 11.1. The highest BCUT2D eigenvalue weighted by Gasteiger charge is 2.22. The summed E-state index contributed by atoms with van der Waals surface area (Å²) in [6.45, 7) is 0.188. The van der Waals surface area contributed by atoms with Crippen LogP contribution in [0.15, 0.2) is 41.0 Å². The van der Waals surface area contributed by atoms with E-state index in [9.17, 15) is 4.79 Å². The fourth-order valence-corrected chi connectivity index (χ4v) is 2.70. The molecule has 0 fully saturated rings. The van der Waals surface area contributed by atoms with Gasteiger partial charge in [0.15, 0.2) is 0 Å². The highest BCUT2D eigenvalue weighted by molar-refractivity contribution is 5.88. The lowest BCUT2D eigenvalue weighted by atomic mass is 9.89. The minimum Gasteiger partial charge on any atom is -0.478 e. The summed E-state index contributed by atoms with van der Waals surface area (Å²) in [6.07, 6.45) is 4.53. The molecule has 0 saturated heterocycles. The summed E-state index contributed by atoms with van der Waals surface area (Å²) in [5.74, 6) is -0.609. The largest absolute Gasteiger partial charge is 0.478 e. The van der Waals surface area contributed by atoms with Gasteiger partial charge in [-0.15, -0.1) is 0 Å². The van der Waals surface area contributed by atoms with E-state index in [0.29, 0.717) is 5.76 Å². The summed E-state index contributed by atoms with van der Waals surface area (Å²) in [6, 6.07) is 9.71. The predicted octanol–water partition coefficient (Wildman–Crippen LogP) is 3.57. The van der Waals surface area contributed by atoms with Gasteiger partial charge in [0.05, 0.1) is 12.4 Å². The van der Waals surface area contributed by atoms with Crippen molar-refractivity contribution in [3.8, 4) is 0 Å². The normalized spacial score (nSPS) is 17.7. The van der Waals surface area contributed by atoms with E-state index >= 15 is 0 Å². The topological polar surface area (TPSA) is 59.7 Å². The zero-order chi connectivity index (χ0) is 13.9. The number of carboxylic acids is 1. The van der Waals surface area contributed by atoms with Crippen molar-refractivity contribution in [2.45, 2.75) is 32.0 Å². The summed E-state index contributed by atoms with van der Waals surface area (Å²) in [5.41, 5.74) is 2.71. The maximum Gasteiger partial charge on any atom is 0.339 e. The first kappa shape index (κ1) is 12.9. The molecule has 0 aliphatic heterocycles. The van der Waals surface area contributed by atoms with Crippen molar-refractivity contribution in [2.75, 3.05) is 0 Å². The van der Waals surface area contributed by atoms with Crippen LogP contribution in [0.25, 0.3) is 0 Å². The Hall–Kier alpha value is -2.07. The van der Waals surface area contributed by atoms with Gasteiger partial charge >= 0.3 is 5.97 Å². The number of benzene rings is 1. The molecule has 20 heavy (non-hydrogen) atoms. The van der Waals surface area contributed by atoms with E-state index in [2.05, 4.69) is 12.1 Å². The minimum atomic E-state index is -0.985. The number of furan rings is 1. The summed E-state index contributed by atoms with van der Waals surface area (Å²) in [4.78, 5) is 11.0. The second-order valence-corrected chi connectivity index (χ2v) is 4.95. The van der Waals surface area contributed by atoms with E-state index in [0.717, 1.165) is 19.3 Å². The molecule has 0 radical (unpaired) electrons. The van der Waals surface area contributed by atoms with Gasteiger partial charge in [-0.25, -0.2) is 4.79 Å². The van der Waals surface area contributed by atoms with Gasteiger partial charge in [0.1, 0.15) is 17.9 Å². The highest BCUT2D eigenvalue weighted by atomic mass is 16.5. The number of aryl methyl sites for hydroxylation is 1. The predicted molar refractivity (Wildman–Crippen MR) is 72.6 cm³/mol. The van der Waals surface area contributed by atoms with Crippen molar-refractivity contribution in [3.05, 3.63) is 59.0 Å². The van der Waals surface area contributed by atoms with Crippen LogP contribution in [0.3, 0.4) is 0 Å². The number of hydrogen-bond acceptors (Lipinski definition) is 3. The molecule has 104 valence electrons. The third-order valence-corrected chi connectivity index (χ3v) is 3.71. The Kier molecular flexibility index (Phi) is 3.56. The zero-order valence-electron chi connectivity index (χ0n) is 11.0. The van der Waals surface area contributed by atoms with Gasteiger partial charge in [0, 0.05) is 0 Å². The summed E-state index contributed by atoms with van der Waals surface area (Å²) in [5, 5.41) is 9.03. The number of aromatic carboxylic acids is 1. The first-order valence-corrected chi connectivity index (χ1v) is 6.75. The first-order valence-electron chi connectivity index (χ1n) is 6.75. The van der Waals surface area contributed by atoms with Crippen molar-refractivity contribution < 1.29 is 19.1 Å². The smallest absolute Gasteiger partial charge is 0.339 e. The fourth-order valence-electron chi connectivity index (χ4n) is 2.70. The van der Waals surface area contributed by atoms with E-state index in [-0.39, 0.29) is 18.3 Å². The van der Waals surface area contributed by atoms with Crippen molar-refractivity contribution in [1.82, 2.24) is 0 Å². The molecule has 4 nitrogen and oxygen atoms in total. The molecule has 4 heteroatoms. The van der Waals surface area contributed by atoms with Crippen molar-refractivity contribution in [1.29, 1.82) is 0 Å². The second-order valence-electron chi connectivity index (χ2n) is 4.95. The van der Waals surface area contributed by atoms with Gasteiger partial charge in [0.25, 0.3) is 0 Å². The lowest BCUT2D eigenvalue weighted by Crippen LogP contribution is -2.13. The molecule has 1 aromatic heterocycles. The molecule has 1 aliphatic carbocycles. The van der Waals surface area contributed by atoms with Crippen molar-refractivity contribution >= 4 is 5.97 Å². The number of carbonyl (C=O) groups is 1. The van der Waals surface area contributed by atoms with Gasteiger partial charge in [-0.2, -0.15) is 0 Å². The van der Waals surface area contributed by atoms with Crippen LogP contribution in [0.1, 0.15) is 46.2 Å². The zero-order valence-corrected chi connectivity index (χ0v) is 11.0. The minimum absolute atomic E-state index is 0.0201. The quantitative estimate of drug-likeness (QED) is 0.924. The van der Waals surface area contributed by atoms with Crippen LogP contribution >= 0.6 is 0 Å². The van der Waals surface area contributed by atoms with Crippen LogP contribution in [-0.4, -0.2) is 11.1 Å². The molecule has 1 atom stereocenters.